The Bertz CT molecular complexity index is 457. The highest BCUT2D eigenvalue weighted by atomic mass is 79.9. The largest absolute Gasteiger partial charge is 0.507 e. The second-order valence-electron chi connectivity index (χ2n) is 5.53. The van der Waals surface area contributed by atoms with Gasteiger partial charge in [-0.1, -0.05) is 36.7 Å². The van der Waals surface area contributed by atoms with Gasteiger partial charge in [0.05, 0.1) is 5.56 Å². The molecule has 1 unspecified atom stereocenters. The summed E-state index contributed by atoms with van der Waals surface area (Å²) in [6.07, 6.45) is 0.686. The molecule has 1 atom stereocenters. The van der Waals surface area contributed by atoms with Crippen LogP contribution in [0.4, 0.5) is 0 Å². The van der Waals surface area contributed by atoms with Gasteiger partial charge in [0, 0.05) is 16.4 Å². The smallest absolute Gasteiger partial charge is 0.255 e. The Hall–Kier alpha value is -0.740. The molecule has 1 aromatic carbocycles. The van der Waals surface area contributed by atoms with E-state index >= 15 is 0 Å². The maximum absolute atomic E-state index is 12.2. The fourth-order valence-corrected chi connectivity index (χ4v) is 2.34. The minimum absolute atomic E-state index is 0.0285. The molecule has 0 heterocycles. The molecule has 0 aromatic heterocycles. The molecule has 2 N–H and O–H groups in total. The summed E-state index contributed by atoms with van der Waals surface area (Å²) in [5.41, 5.74) is 0.171. The number of hydrogen-bond donors (Lipinski definition) is 2. The summed E-state index contributed by atoms with van der Waals surface area (Å²) in [4.78, 5) is 12.2. The third-order valence-corrected chi connectivity index (χ3v) is 3.66. The molecule has 1 rings (SSSR count). The highest BCUT2D eigenvalue weighted by molar-refractivity contribution is 9.10. The van der Waals surface area contributed by atoms with E-state index in [1.807, 2.05) is 20.8 Å². The van der Waals surface area contributed by atoms with E-state index in [0.717, 1.165) is 4.47 Å². The predicted octanol–water partition coefficient (Wildman–Crippen LogP) is 3.93. The first-order valence-corrected chi connectivity index (χ1v) is 7.44. The van der Waals surface area contributed by atoms with Crippen molar-refractivity contribution in [2.75, 3.05) is 5.88 Å². The molecule has 0 saturated carbocycles. The van der Waals surface area contributed by atoms with Gasteiger partial charge in [-0.15, -0.1) is 11.6 Å². The van der Waals surface area contributed by atoms with Crippen molar-refractivity contribution >= 4 is 33.4 Å². The fourth-order valence-electron chi connectivity index (χ4n) is 1.76. The van der Waals surface area contributed by atoms with E-state index in [-0.39, 0.29) is 28.7 Å². The van der Waals surface area contributed by atoms with Crippen molar-refractivity contribution in [3.63, 3.8) is 0 Å². The van der Waals surface area contributed by atoms with Gasteiger partial charge in [0.2, 0.25) is 0 Å². The summed E-state index contributed by atoms with van der Waals surface area (Å²) < 4.78 is 0.750. The maximum Gasteiger partial charge on any atom is 0.255 e. The van der Waals surface area contributed by atoms with Crippen LogP contribution in [0.5, 0.6) is 5.75 Å². The molecule has 0 saturated heterocycles. The lowest BCUT2D eigenvalue weighted by molar-refractivity contribution is 0.0897. The van der Waals surface area contributed by atoms with Crippen LogP contribution in [-0.2, 0) is 0 Å². The molecule has 0 aliphatic carbocycles. The van der Waals surface area contributed by atoms with Gasteiger partial charge in [0.15, 0.2) is 0 Å². The number of benzene rings is 1. The number of halogens is 2. The molecule has 0 spiro atoms. The molecule has 0 bridgehead atoms. The second kappa shape index (κ2) is 6.62. The zero-order valence-corrected chi connectivity index (χ0v) is 13.7. The van der Waals surface area contributed by atoms with Gasteiger partial charge in [-0.25, -0.2) is 0 Å². The summed E-state index contributed by atoms with van der Waals surface area (Å²) >= 11 is 9.07. The lowest BCUT2D eigenvalue weighted by Gasteiger charge is -2.31. The van der Waals surface area contributed by atoms with E-state index in [2.05, 4.69) is 21.2 Å². The van der Waals surface area contributed by atoms with Gasteiger partial charge in [-0.05, 0) is 30.0 Å². The summed E-state index contributed by atoms with van der Waals surface area (Å²) in [5.74, 6) is 0.162. The summed E-state index contributed by atoms with van der Waals surface area (Å²) in [7, 11) is 0. The monoisotopic (exact) mass is 347 g/mol. The van der Waals surface area contributed by atoms with Gasteiger partial charge < -0.3 is 10.4 Å². The first kappa shape index (κ1) is 16.3. The predicted molar refractivity (Wildman–Crippen MR) is 81.9 cm³/mol. The lowest BCUT2D eigenvalue weighted by atomic mass is 9.85. The Labute approximate surface area is 127 Å². The van der Waals surface area contributed by atoms with Gasteiger partial charge >= 0.3 is 0 Å². The van der Waals surface area contributed by atoms with Crippen LogP contribution in [0.2, 0.25) is 0 Å². The Balaban J connectivity index is 2.91. The number of carbonyl (C=O) groups is 1. The van der Waals surface area contributed by atoms with E-state index in [1.165, 1.54) is 6.07 Å². The topological polar surface area (TPSA) is 49.3 Å². The average Bonchev–Trinajstić information content (AvgIpc) is 2.30. The van der Waals surface area contributed by atoms with Crippen LogP contribution in [0.1, 0.15) is 37.6 Å². The SMILES string of the molecule is CC(C)(C)C(CCCl)NC(=O)c1cc(Br)ccc1O. The molecule has 0 aliphatic heterocycles. The minimum Gasteiger partial charge on any atom is -0.507 e. The van der Waals surface area contributed by atoms with Crippen LogP contribution in [0.25, 0.3) is 0 Å². The molecule has 106 valence electrons. The number of phenols is 1. The molecule has 0 aliphatic rings. The molecule has 0 fully saturated rings. The molecular weight excluding hydrogens is 330 g/mol. The average molecular weight is 349 g/mol. The Kier molecular flexibility index (Phi) is 5.68. The van der Waals surface area contributed by atoms with Crippen molar-refractivity contribution in [3.8, 4) is 5.75 Å². The van der Waals surface area contributed by atoms with Crippen molar-refractivity contribution in [3.05, 3.63) is 28.2 Å². The van der Waals surface area contributed by atoms with Crippen molar-refractivity contribution in [2.24, 2.45) is 5.41 Å². The van der Waals surface area contributed by atoms with Crippen LogP contribution in [0, 0.1) is 5.41 Å². The number of hydrogen-bond acceptors (Lipinski definition) is 2. The Morgan fingerprint density at radius 3 is 2.63 bits per heavy atom. The lowest BCUT2D eigenvalue weighted by Crippen LogP contribution is -2.44. The zero-order chi connectivity index (χ0) is 14.6. The van der Waals surface area contributed by atoms with E-state index in [0.29, 0.717) is 12.3 Å². The summed E-state index contributed by atoms with van der Waals surface area (Å²) in [5, 5.41) is 12.7. The van der Waals surface area contributed by atoms with Crippen molar-refractivity contribution in [2.45, 2.75) is 33.2 Å². The number of carbonyl (C=O) groups excluding carboxylic acids is 1. The zero-order valence-electron chi connectivity index (χ0n) is 11.3. The summed E-state index contributed by atoms with van der Waals surface area (Å²) in [6.45, 7) is 6.14. The highest BCUT2D eigenvalue weighted by Crippen LogP contribution is 2.25. The van der Waals surface area contributed by atoms with Gasteiger partial charge in [-0.2, -0.15) is 0 Å². The van der Waals surface area contributed by atoms with Crippen molar-refractivity contribution in [1.82, 2.24) is 5.32 Å². The number of nitrogens with one attached hydrogen (secondary N) is 1. The number of alkyl halides is 1. The van der Waals surface area contributed by atoms with E-state index in [4.69, 9.17) is 11.6 Å². The van der Waals surface area contributed by atoms with Crippen LogP contribution in [0.15, 0.2) is 22.7 Å². The number of amides is 1. The van der Waals surface area contributed by atoms with Crippen LogP contribution < -0.4 is 5.32 Å². The molecular formula is C14H19BrClNO2. The molecule has 1 amide bonds. The quantitative estimate of drug-likeness (QED) is 0.810. The maximum atomic E-state index is 12.2. The molecule has 3 nitrogen and oxygen atoms in total. The van der Waals surface area contributed by atoms with Crippen molar-refractivity contribution < 1.29 is 9.90 Å². The first-order valence-electron chi connectivity index (χ1n) is 6.11. The summed E-state index contributed by atoms with van der Waals surface area (Å²) in [6, 6.07) is 4.74. The molecule has 0 radical (unpaired) electrons. The highest BCUT2D eigenvalue weighted by Gasteiger charge is 2.26. The first-order chi connectivity index (χ1) is 8.75. The van der Waals surface area contributed by atoms with Gasteiger partial charge in [-0.3, -0.25) is 4.79 Å². The fraction of sp³-hybridized carbons (Fsp3) is 0.500. The Morgan fingerprint density at radius 1 is 1.47 bits per heavy atom. The number of rotatable bonds is 4. The van der Waals surface area contributed by atoms with E-state index in [1.54, 1.807) is 12.1 Å². The molecule has 19 heavy (non-hydrogen) atoms. The third-order valence-electron chi connectivity index (χ3n) is 2.95. The molecule has 5 heteroatoms. The van der Waals surface area contributed by atoms with Crippen LogP contribution in [-0.4, -0.2) is 22.9 Å². The van der Waals surface area contributed by atoms with Crippen molar-refractivity contribution in [1.29, 1.82) is 0 Å². The van der Waals surface area contributed by atoms with Gasteiger partial charge in [0.1, 0.15) is 5.75 Å². The van der Waals surface area contributed by atoms with E-state index in [9.17, 15) is 9.90 Å². The van der Waals surface area contributed by atoms with Crippen LogP contribution in [0.3, 0.4) is 0 Å². The number of phenolic OH excluding ortho intramolecular Hbond substituents is 1. The Morgan fingerprint density at radius 2 is 2.11 bits per heavy atom. The molecule has 1 aromatic rings. The van der Waals surface area contributed by atoms with Gasteiger partial charge in [0.25, 0.3) is 5.91 Å². The van der Waals surface area contributed by atoms with Crippen LogP contribution >= 0.6 is 27.5 Å². The third kappa shape index (κ3) is 4.69. The number of aromatic hydroxyl groups is 1. The minimum atomic E-state index is -0.288. The second-order valence-corrected chi connectivity index (χ2v) is 6.82. The normalized spacial score (nSPS) is 13.1. The van der Waals surface area contributed by atoms with E-state index < -0.39 is 0 Å². The standard InChI is InChI=1S/C14H19BrClNO2/c1-14(2,3)12(6-7-16)17-13(19)10-8-9(15)4-5-11(10)18/h4-5,8,12,18H,6-7H2,1-3H3,(H,17,19).